The van der Waals surface area contributed by atoms with Crippen LogP contribution in [0.3, 0.4) is 0 Å². The van der Waals surface area contributed by atoms with Crippen LogP contribution in [0.1, 0.15) is 59.3 Å². The summed E-state index contributed by atoms with van der Waals surface area (Å²) in [6.45, 7) is 7.27. The van der Waals surface area contributed by atoms with Crippen molar-refractivity contribution in [3.05, 3.63) is 40.2 Å². The Labute approximate surface area is 168 Å². The minimum atomic E-state index is -0.165. The van der Waals surface area contributed by atoms with Crippen molar-refractivity contribution >= 4 is 16.6 Å². The maximum absolute atomic E-state index is 13.1. The number of benzene rings is 1. The minimum Gasteiger partial charge on any atom is -0.488 e. The van der Waals surface area contributed by atoms with Crippen LogP contribution in [-0.2, 0) is 6.54 Å². The SMILES string of the molecule is CCCCCCCCn1c(=O)c(OC)c(OCC=C(C)C)c2ccc(N)cc21. The van der Waals surface area contributed by atoms with Crippen molar-refractivity contribution in [2.45, 2.75) is 65.8 Å². The van der Waals surface area contributed by atoms with E-state index in [1.54, 1.807) is 4.57 Å². The van der Waals surface area contributed by atoms with Gasteiger partial charge in [-0.3, -0.25) is 4.79 Å². The lowest BCUT2D eigenvalue weighted by Crippen LogP contribution is -2.23. The molecule has 0 aliphatic carbocycles. The van der Waals surface area contributed by atoms with E-state index in [2.05, 4.69) is 6.92 Å². The molecule has 0 saturated carbocycles. The maximum Gasteiger partial charge on any atom is 0.297 e. The lowest BCUT2D eigenvalue weighted by molar-refractivity contribution is 0.324. The van der Waals surface area contributed by atoms with Gasteiger partial charge in [-0.1, -0.05) is 44.6 Å². The van der Waals surface area contributed by atoms with Gasteiger partial charge in [0.2, 0.25) is 5.75 Å². The largest absolute Gasteiger partial charge is 0.488 e. The van der Waals surface area contributed by atoms with Gasteiger partial charge < -0.3 is 19.8 Å². The number of nitrogens with two attached hydrogens (primary N) is 1. The summed E-state index contributed by atoms with van der Waals surface area (Å²) in [4.78, 5) is 13.1. The highest BCUT2D eigenvalue weighted by Gasteiger charge is 2.19. The van der Waals surface area contributed by atoms with E-state index in [9.17, 15) is 4.79 Å². The van der Waals surface area contributed by atoms with Crippen LogP contribution in [0.25, 0.3) is 10.9 Å². The number of ether oxygens (including phenoxy) is 2. The van der Waals surface area contributed by atoms with E-state index in [-0.39, 0.29) is 11.3 Å². The molecule has 5 heteroatoms. The molecule has 2 rings (SSSR count). The first kappa shape index (κ1) is 21.9. The maximum atomic E-state index is 13.1. The Hall–Kier alpha value is -2.43. The number of methoxy groups -OCH3 is 1. The lowest BCUT2D eigenvalue weighted by Gasteiger charge is -2.17. The molecule has 1 heterocycles. The smallest absolute Gasteiger partial charge is 0.297 e. The molecule has 0 bridgehead atoms. The monoisotopic (exact) mass is 386 g/mol. The first-order chi connectivity index (χ1) is 13.5. The van der Waals surface area contributed by atoms with Gasteiger partial charge in [0.1, 0.15) is 6.61 Å². The zero-order valence-corrected chi connectivity index (χ0v) is 17.7. The second kappa shape index (κ2) is 10.8. The molecule has 1 aromatic heterocycles. The van der Waals surface area contributed by atoms with Crippen molar-refractivity contribution in [1.29, 1.82) is 0 Å². The second-order valence-corrected chi connectivity index (χ2v) is 7.46. The van der Waals surface area contributed by atoms with Crippen molar-refractivity contribution in [2.24, 2.45) is 0 Å². The zero-order valence-electron chi connectivity index (χ0n) is 17.7. The van der Waals surface area contributed by atoms with Crippen molar-refractivity contribution in [1.82, 2.24) is 4.57 Å². The lowest BCUT2D eigenvalue weighted by atomic mass is 10.1. The van der Waals surface area contributed by atoms with E-state index in [4.69, 9.17) is 15.2 Å². The van der Waals surface area contributed by atoms with Gasteiger partial charge in [-0.25, -0.2) is 0 Å². The third-order valence-electron chi connectivity index (χ3n) is 4.86. The quantitative estimate of drug-likeness (QED) is 0.323. The number of hydrogen-bond donors (Lipinski definition) is 1. The fraction of sp³-hybridized carbons (Fsp3) is 0.522. The van der Waals surface area contributed by atoms with Crippen LogP contribution >= 0.6 is 0 Å². The van der Waals surface area contributed by atoms with Crippen molar-refractivity contribution in [3.63, 3.8) is 0 Å². The third-order valence-corrected chi connectivity index (χ3v) is 4.86. The Morgan fingerprint density at radius 2 is 1.82 bits per heavy atom. The first-order valence-electron chi connectivity index (χ1n) is 10.3. The standard InChI is InChI=1S/C23H34N2O3/c1-5-6-7-8-9-10-14-25-20-16-18(24)11-12-19(20)21(22(27-4)23(25)26)28-15-13-17(2)3/h11-13,16H,5-10,14-15,24H2,1-4H3. The van der Waals surface area contributed by atoms with Crippen LogP contribution in [0, 0.1) is 0 Å². The number of pyridine rings is 1. The molecular weight excluding hydrogens is 352 g/mol. The summed E-state index contributed by atoms with van der Waals surface area (Å²) in [7, 11) is 1.52. The van der Waals surface area contributed by atoms with Gasteiger partial charge in [0.05, 0.1) is 12.6 Å². The Morgan fingerprint density at radius 3 is 2.50 bits per heavy atom. The van der Waals surface area contributed by atoms with Crippen LogP contribution < -0.4 is 20.8 Å². The van der Waals surface area contributed by atoms with Gasteiger partial charge in [0.25, 0.3) is 5.56 Å². The van der Waals surface area contributed by atoms with E-state index >= 15 is 0 Å². The van der Waals surface area contributed by atoms with Crippen molar-refractivity contribution < 1.29 is 9.47 Å². The Bertz CT molecular complexity index is 864. The Morgan fingerprint density at radius 1 is 1.11 bits per heavy atom. The molecule has 0 atom stereocenters. The molecule has 1 aromatic carbocycles. The Balaban J connectivity index is 2.38. The number of rotatable bonds is 11. The number of allylic oxidation sites excluding steroid dienone is 1. The van der Waals surface area contributed by atoms with Gasteiger partial charge in [-0.2, -0.15) is 0 Å². The molecule has 2 N–H and O–H groups in total. The zero-order chi connectivity index (χ0) is 20.5. The summed E-state index contributed by atoms with van der Waals surface area (Å²) >= 11 is 0. The highest BCUT2D eigenvalue weighted by atomic mass is 16.5. The number of aryl methyl sites for hydroxylation is 1. The summed E-state index contributed by atoms with van der Waals surface area (Å²) in [6, 6.07) is 5.58. The predicted molar refractivity (Wildman–Crippen MR) is 117 cm³/mol. The first-order valence-corrected chi connectivity index (χ1v) is 10.3. The number of hydrogen-bond acceptors (Lipinski definition) is 4. The van der Waals surface area contributed by atoms with Gasteiger partial charge in [0, 0.05) is 17.6 Å². The van der Waals surface area contributed by atoms with Crippen LogP contribution in [0.2, 0.25) is 0 Å². The van der Waals surface area contributed by atoms with Gasteiger partial charge in [-0.05, 0) is 44.5 Å². The second-order valence-electron chi connectivity index (χ2n) is 7.46. The van der Waals surface area contributed by atoms with Gasteiger partial charge in [-0.15, -0.1) is 0 Å². The fourth-order valence-corrected chi connectivity index (χ4v) is 3.30. The van der Waals surface area contributed by atoms with Crippen LogP contribution in [0.4, 0.5) is 5.69 Å². The summed E-state index contributed by atoms with van der Waals surface area (Å²) < 4.78 is 13.2. The number of unbranched alkanes of at least 4 members (excludes halogenated alkanes) is 5. The molecule has 5 nitrogen and oxygen atoms in total. The molecule has 0 amide bonds. The molecule has 0 saturated heterocycles. The van der Waals surface area contributed by atoms with Crippen LogP contribution in [-0.4, -0.2) is 18.3 Å². The average Bonchev–Trinajstić information content (AvgIpc) is 2.66. The molecule has 0 aliphatic heterocycles. The minimum absolute atomic E-state index is 0.165. The summed E-state index contributed by atoms with van der Waals surface area (Å²) in [5, 5.41) is 0.846. The number of anilines is 1. The Kier molecular flexibility index (Phi) is 8.42. The molecule has 0 aliphatic rings. The van der Waals surface area contributed by atoms with E-state index < -0.39 is 0 Å². The molecule has 0 spiro atoms. The highest BCUT2D eigenvalue weighted by Crippen LogP contribution is 2.34. The number of nitrogens with zero attached hydrogens (tertiary/aromatic N) is 1. The third kappa shape index (κ3) is 5.54. The summed E-state index contributed by atoms with van der Waals surface area (Å²) in [5.74, 6) is 0.740. The molecule has 154 valence electrons. The normalized spacial score (nSPS) is 10.9. The molecule has 28 heavy (non-hydrogen) atoms. The van der Waals surface area contributed by atoms with Crippen LogP contribution in [0.5, 0.6) is 11.5 Å². The van der Waals surface area contributed by atoms with Gasteiger partial charge in [0.15, 0.2) is 5.75 Å². The van der Waals surface area contributed by atoms with E-state index in [1.165, 1.54) is 32.8 Å². The van der Waals surface area contributed by atoms with E-state index in [0.717, 1.165) is 29.3 Å². The van der Waals surface area contributed by atoms with Crippen molar-refractivity contribution in [2.75, 3.05) is 19.5 Å². The molecule has 0 unspecified atom stereocenters. The van der Waals surface area contributed by atoms with E-state index in [0.29, 0.717) is 24.6 Å². The fourth-order valence-electron chi connectivity index (χ4n) is 3.30. The van der Waals surface area contributed by atoms with E-state index in [1.807, 2.05) is 38.1 Å². The predicted octanol–water partition coefficient (Wildman–Crippen LogP) is 5.30. The summed E-state index contributed by atoms with van der Waals surface area (Å²) in [6.07, 6.45) is 8.99. The van der Waals surface area contributed by atoms with Crippen molar-refractivity contribution in [3.8, 4) is 11.5 Å². The number of aromatic nitrogens is 1. The highest BCUT2D eigenvalue weighted by molar-refractivity contribution is 5.90. The number of nitrogen functional groups attached to an aromatic ring is 1. The summed E-state index contributed by atoms with van der Waals surface area (Å²) in [5.41, 5.74) is 8.43. The topological polar surface area (TPSA) is 66.5 Å². The van der Waals surface area contributed by atoms with Gasteiger partial charge >= 0.3 is 0 Å². The van der Waals surface area contributed by atoms with Crippen LogP contribution in [0.15, 0.2) is 34.6 Å². The average molecular weight is 387 g/mol. The molecule has 0 fully saturated rings. The number of fused-ring (bicyclic) bond motifs is 1. The molecular formula is C23H34N2O3. The molecule has 2 aromatic rings. The molecule has 0 radical (unpaired) electrons.